The van der Waals surface area contributed by atoms with Crippen LogP contribution in [-0.2, 0) is 11.2 Å². The van der Waals surface area contributed by atoms with Gasteiger partial charge in [-0.3, -0.25) is 4.79 Å². The van der Waals surface area contributed by atoms with E-state index in [0.717, 1.165) is 17.7 Å². The van der Waals surface area contributed by atoms with Crippen molar-refractivity contribution in [3.8, 4) is 0 Å². The number of benzene rings is 1. The van der Waals surface area contributed by atoms with Gasteiger partial charge in [0.25, 0.3) is 5.91 Å². The Morgan fingerprint density at radius 1 is 1.20 bits per heavy atom. The van der Waals surface area contributed by atoms with Crippen molar-refractivity contribution in [3.63, 3.8) is 0 Å². The summed E-state index contributed by atoms with van der Waals surface area (Å²) in [6.07, 6.45) is 0.975. The first-order chi connectivity index (χ1) is 12.1. The van der Waals surface area contributed by atoms with E-state index in [0.29, 0.717) is 24.6 Å². The van der Waals surface area contributed by atoms with E-state index < -0.39 is 0 Å². The first kappa shape index (κ1) is 17.1. The molecule has 1 amide bonds. The van der Waals surface area contributed by atoms with Crippen LogP contribution in [0.2, 0.25) is 0 Å². The average molecular weight is 340 g/mol. The number of fused-ring (bicyclic) bond motifs is 1. The fraction of sp³-hybridized carbons (Fsp3) is 0.444. The highest BCUT2D eigenvalue weighted by Gasteiger charge is 2.35. The number of carbonyl (C=O) groups excluding carboxylic acids is 1. The zero-order chi connectivity index (χ0) is 18.0. The molecule has 1 N–H and O–H groups in total. The fourth-order valence-electron chi connectivity index (χ4n) is 3.21. The lowest BCUT2D eigenvalue weighted by molar-refractivity contribution is -0.127. The average Bonchev–Trinajstić information content (AvgIpc) is 3.09. The lowest BCUT2D eigenvalue weighted by Gasteiger charge is -2.31. The molecular formula is C18H24N6O. The van der Waals surface area contributed by atoms with Crippen molar-refractivity contribution in [3.05, 3.63) is 46.7 Å². The van der Waals surface area contributed by atoms with E-state index in [1.807, 2.05) is 25.7 Å². The Hall–Kier alpha value is -2.70. The maximum atomic E-state index is 13.2. The fourth-order valence-corrected chi connectivity index (χ4v) is 3.21. The molecule has 132 valence electrons. The number of nitrogens with one attached hydrogen (secondary N) is 1. The third-order valence-electron chi connectivity index (χ3n) is 4.70. The van der Waals surface area contributed by atoms with E-state index in [9.17, 15) is 4.79 Å². The number of hydrogen-bond donors (Lipinski definition) is 1. The number of anilines is 1. The normalized spacial score (nSPS) is 16.4. The molecule has 0 radical (unpaired) electrons. The number of rotatable bonds is 5. The summed E-state index contributed by atoms with van der Waals surface area (Å²) in [6.45, 7) is 9.33. The molecule has 1 aromatic heterocycles. The van der Waals surface area contributed by atoms with Gasteiger partial charge in [0.05, 0.1) is 5.57 Å². The van der Waals surface area contributed by atoms with Gasteiger partial charge in [-0.05, 0) is 48.7 Å². The Morgan fingerprint density at radius 3 is 2.48 bits per heavy atom. The molecule has 0 unspecified atom stereocenters. The second kappa shape index (κ2) is 7.04. The maximum Gasteiger partial charge on any atom is 0.254 e. The van der Waals surface area contributed by atoms with Gasteiger partial charge in [-0.15, -0.1) is 0 Å². The summed E-state index contributed by atoms with van der Waals surface area (Å²) < 4.78 is 1.69. The predicted molar refractivity (Wildman–Crippen MR) is 96.0 cm³/mol. The zero-order valence-corrected chi connectivity index (χ0v) is 15.2. The van der Waals surface area contributed by atoms with Gasteiger partial charge in [-0.1, -0.05) is 36.3 Å². The smallest absolute Gasteiger partial charge is 0.254 e. The summed E-state index contributed by atoms with van der Waals surface area (Å²) in [5.74, 6) is 0.568. The first-order valence-electron chi connectivity index (χ1n) is 8.74. The molecule has 7 heteroatoms. The predicted octanol–water partition coefficient (Wildman–Crippen LogP) is 2.39. The Bertz CT molecular complexity index is 788. The van der Waals surface area contributed by atoms with Crippen LogP contribution in [0.25, 0.3) is 0 Å². The molecule has 0 aliphatic carbocycles. The molecule has 0 fully saturated rings. The van der Waals surface area contributed by atoms with Crippen molar-refractivity contribution < 1.29 is 4.79 Å². The first-order valence-corrected chi connectivity index (χ1v) is 8.74. The van der Waals surface area contributed by atoms with E-state index in [2.05, 4.69) is 52.0 Å². The van der Waals surface area contributed by atoms with Gasteiger partial charge in [0.2, 0.25) is 5.95 Å². The molecule has 7 nitrogen and oxygen atoms in total. The number of aryl methyl sites for hydroxylation is 1. The second-order valence-electron chi connectivity index (χ2n) is 6.09. The van der Waals surface area contributed by atoms with E-state index in [1.165, 1.54) is 5.56 Å². The Balaban J connectivity index is 2.11. The molecule has 25 heavy (non-hydrogen) atoms. The highest BCUT2D eigenvalue weighted by Crippen LogP contribution is 2.35. The van der Waals surface area contributed by atoms with Crippen molar-refractivity contribution >= 4 is 11.9 Å². The summed E-state index contributed by atoms with van der Waals surface area (Å²) in [5.41, 5.74) is 3.74. The SMILES string of the molecule is CCc1ccc([C@H]2C(C(=O)N(CC)CC)=C(C)Nc3nnnn32)cc1. The molecule has 0 saturated heterocycles. The molecular weight excluding hydrogens is 316 g/mol. The largest absolute Gasteiger partial charge is 0.339 e. The molecule has 0 spiro atoms. The standard InChI is InChI=1S/C18H24N6O/c1-5-13-8-10-14(11-9-13)16-15(17(25)23(6-2)7-3)12(4)19-18-20-21-22-24(16)18/h8-11,16H,5-7H2,1-4H3,(H,19,20,22)/t16-/m0/s1. The summed E-state index contributed by atoms with van der Waals surface area (Å²) >= 11 is 0. The number of amides is 1. The van der Waals surface area contributed by atoms with E-state index >= 15 is 0 Å². The summed E-state index contributed by atoms with van der Waals surface area (Å²) in [5, 5.41) is 15.1. The van der Waals surface area contributed by atoms with E-state index in [1.54, 1.807) is 4.68 Å². The summed E-state index contributed by atoms with van der Waals surface area (Å²) in [7, 11) is 0. The third kappa shape index (κ3) is 3.01. The third-order valence-corrected chi connectivity index (χ3v) is 4.70. The molecule has 2 aromatic rings. The Morgan fingerprint density at radius 2 is 1.88 bits per heavy atom. The van der Waals surface area contributed by atoms with Crippen LogP contribution < -0.4 is 5.32 Å². The van der Waals surface area contributed by atoms with Gasteiger partial charge >= 0.3 is 0 Å². The van der Waals surface area contributed by atoms with Crippen molar-refractivity contribution in [2.75, 3.05) is 18.4 Å². The number of aromatic nitrogens is 4. The number of hydrogen-bond acceptors (Lipinski definition) is 5. The van der Waals surface area contributed by atoms with Gasteiger partial charge < -0.3 is 10.2 Å². The van der Waals surface area contributed by atoms with E-state index in [-0.39, 0.29) is 11.9 Å². The van der Waals surface area contributed by atoms with Crippen LogP contribution >= 0.6 is 0 Å². The van der Waals surface area contributed by atoms with Crippen molar-refractivity contribution in [1.82, 2.24) is 25.1 Å². The summed E-state index contributed by atoms with van der Waals surface area (Å²) in [4.78, 5) is 15.0. The minimum atomic E-state index is -0.328. The van der Waals surface area contributed by atoms with Gasteiger partial charge in [-0.2, -0.15) is 4.68 Å². The summed E-state index contributed by atoms with van der Waals surface area (Å²) in [6, 6.07) is 7.98. The second-order valence-corrected chi connectivity index (χ2v) is 6.09. The highest BCUT2D eigenvalue weighted by molar-refractivity contribution is 5.96. The van der Waals surface area contributed by atoms with Crippen LogP contribution in [0.4, 0.5) is 5.95 Å². The molecule has 2 heterocycles. The molecule has 0 saturated carbocycles. The van der Waals surface area contributed by atoms with Crippen LogP contribution in [0.5, 0.6) is 0 Å². The number of tetrazole rings is 1. The highest BCUT2D eigenvalue weighted by atomic mass is 16.2. The van der Waals surface area contributed by atoms with Crippen LogP contribution in [0.1, 0.15) is 44.9 Å². The van der Waals surface area contributed by atoms with Gasteiger partial charge in [0, 0.05) is 18.8 Å². The quantitative estimate of drug-likeness (QED) is 0.904. The Kier molecular flexibility index (Phi) is 4.83. The lowest BCUT2D eigenvalue weighted by atomic mass is 9.93. The van der Waals surface area contributed by atoms with Crippen LogP contribution in [0.15, 0.2) is 35.5 Å². The lowest BCUT2D eigenvalue weighted by Crippen LogP contribution is -2.38. The van der Waals surface area contributed by atoms with Gasteiger partial charge in [0.15, 0.2) is 0 Å². The maximum absolute atomic E-state index is 13.2. The van der Waals surface area contributed by atoms with E-state index in [4.69, 9.17) is 0 Å². The monoisotopic (exact) mass is 340 g/mol. The molecule has 0 bridgehead atoms. The molecule has 1 aromatic carbocycles. The van der Waals surface area contributed by atoms with Crippen LogP contribution in [0, 0.1) is 0 Å². The van der Waals surface area contributed by atoms with Crippen LogP contribution in [0.3, 0.4) is 0 Å². The van der Waals surface area contributed by atoms with Crippen molar-refractivity contribution in [1.29, 1.82) is 0 Å². The number of carbonyl (C=O) groups is 1. The van der Waals surface area contributed by atoms with Crippen molar-refractivity contribution in [2.45, 2.75) is 40.2 Å². The van der Waals surface area contributed by atoms with Crippen molar-refractivity contribution in [2.24, 2.45) is 0 Å². The zero-order valence-electron chi connectivity index (χ0n) is 15.2. The molecule has 1 atom stereocenters. The Labute approximate surface area is 147 Å². The molecule has 1 aliphatic rings. The number of allylic oxidation sites excluding steroid dienone is 1. The van der Waals surface area contributed by atoms with Gasteiger partial charge in [-0.25, -0.2) is 0 Å². The van der Waals surface area contributed by atoms with Crippen LogP contribution in [-0.4, -0.2) is 44.1 Å². The number of likely N-dealkylation sites (N-methyl/N-ethyl adjacent to an activating group) is 1. The molecule has 1 aliphatic heterocycles. The minimum absolute atomic E-state index is 0.0146. The number of nitrogens with zero attached hydrogens (tertiary/aromatic N) is 5. The minimum Gasteiger partial charge on any atom is -0.339 e. The topological polar surface area (TPSA) is 75.9 Å². The molecule has 3 rings (SSSR count). The van der Waals surface area contributed by atoms with Gasteiger partial charge in [0.1, 0.15) is 6.04 Å².